The molecule has 1 N–H and O–H groups in total. The molecule has 0 saturated carbocycles. The van der Waals surface area contributed by atoms with Gasteiger partial charge in [-0.05, 0) is 36.2 Å². The highest BCUT2D eigenvalue weighted by Crippen LogP contribution is 2.17. The minimum Gasteiger partial charge on any atom is -0.350 e. The number of carbonyl (C=O) groups excluding carboxylic acids is 1. The van der Waals surface area contributed by atoms with Crippen molar-refractivity contribution in [1.82, 2.24) is 15.3 Å². The van der Waals surface area contributed by atoms with Gasteiger partial charge in [-0.2, -0.15) is 0 Å². The van der Waals surface area contributed by atoms with Crippen molar-refractivity contribution in [2.45, 2.75) is 26.8 Å². The Morgan fingerprint density at radius 3 is 2.62 bits per heavy atom. The highest BCUT2D eigenvalue weighted by molar-refractivity contribution is 5.76. The number of nitrogens with zero attached hydrogens (tertiary/aromatic N) is 2. The third-order valence-electron chi connectivity index (χ3n) is 2.92. The lowest BCUT2D eigenvalue weighted by Crippen LogP contribution is -2.24. The summed E-state index contributed by atoms with van der Waals surface area (Å²) >= 11 is 0. The second kappa shape index (κ2) is 6.92. The van der Waals surface area contributed by atoms with Crippen molar-refractivity contribution >= 4 is 5.91 Å². The zero-order chi connectivity index (χ0) is 15.2. The van der Waals surface area contributed by atoms with E-state index in [9.17, 15) is 9.18 Å². The van der Waals surface area contributed by atoms with E-state index in [0.717, 1.165) is 11.3 Å². The first-order valence-corrected chi connectivity index (χ1v) is 6.88. The summed E-state index contributed by atoms with van der Waals surface area (Å²) in [6.07, 6.45) is 1.94. The maximum atomic E-state index is 12.9. The Morgan fingerprint density at radius 1 is 1.24 bits per heavy atom. The van der Waals surface area contributed by atoms with Crippen LogP contribution in [0.3, 0.4) is 0 Å². The zero-order valence-corrected chi connectivity index (χ0v) is 12.1. The molecule has 2 rings (SSSR count). The highest BCUT2D eigenvalue weighted by atomic mass is 19.1. The number of rotatable bonds is 5. The summed E-state index contributed by atoms with van der Waals surface area (Å²) < 4.78 is 12.9. The molecule has 1 amide bonds. The number of halogens is 1. The number of amides is 1. The summed E-state index contributed by atoms with van der Waals surface area (Å²) in [5, 5.41) is 2.83. The van der Waals surface area contributed by atoms with Crippen LogP contribution in [0.15, 0.2) is 36.7 Å². The second-order valence-corrected chi connectivity index (χ2v) is 5.28. The molecule has 0 aliphatic rings. The molecule has 5 heteroatoms. The minimum absolute atomic E-state index is 0.00643. The van der Waals surface area contributed by atoms with Crippen LogP contribution in [-0.4, -0.2) is 15.9 Å². The molecule has 0 radical (unpaired) electrons. The van der Waals surface area contributed by atoms with Gasteiger partial charge in [-0.25, -0.2) is 14.4 Å². The number of benzene rings is 1. The maximum Gasteiger partial charge on any atom is 0.220 e. The zero-order valence-electron chi connectivity index (χ0n) is 12.1. The SMILES string of the molecule is CC(C)CC(=O)NCc1cc(-c2ccc(F)cc2)ncn1. The predicted molar refractivity (Wildman–Crippen MR) is 78.7 cm³/mol. The van der Waals surface area contributed by atoms with Crippen molar-refractivity contribution in [3.05, 3.63) is 48.2 Å². The van der Waals surface area contributed by atoms with Crippen molar-refractivity contribution in [3.8, 4) is 11.3 Å². The lowest BCUT2D eigenvalue weighted by molar-refractivity contribution is -0.121. The fourth-order valence-electron chi connectivity index (χ4n) is 1.90. The first-order chi connectivity index (χ1) is 10.0. The van der Waals surface area contributed by atoms with E-state index in [0.29, 0.717) is 24.6 Å². The Morgan fingerprint density at radius 2 is 1.95 bits per heavy atom. The van der Waals surface area contributed by atoms with Crippen molar-refractivity contribution < 1.29 is 9.18 Å². The number of carbonyl (C=O) groups is 1. The lowest BCUT2D eigenvalue weighted by atomic mass is 10.1. The van der Waals surface area contributed by atoms with Gasteiger partial charge >= 0.3 is 0 Å². The number of aromatic nitrogens is 2. The molecule has 0 unspecified atom stereocenters. The summed E-state index contributed by atoms with van der Waals surface area (Å²) in [7, 11) is 0. The summed E-state index contributed by atoms with van der Waals surface area (Å²) in [6, 6.07) is 7.91. The maximum absolute atomic E-state index is 12.9. The van der Waals surface area contributed by atoms with E-state index in [4.69, 9.17) is 0 Å². The standard InChI is InChI=1S/C16H18FN3O/c1-11(2)7-16(21)18-9-14-8-15(20-10-19-14)12-3-5-13(17)6-4-12/h3-6,8,10-11H,7,9H2,1-2H3,(H,18,21). The molecule has 1 aromatic carbocycles. The molecule has 0 aliphatic heterocycles. The van der Waals surface area contributed by atoms with Crippen LogP contribution in [0.5, 0.6) is 0 Å². The van der Waals surface area contributed by atoms with Crippen LogP contribution in [0.1, 0.15) is 26.0 Å². The highest BCUT2D eigenvalue weighted by Gasteiger charge is 2.06. The van der Waals surface area contributed by atoms with Gasteiger partial charge in [-0.15, -0.1) is 0 Å². The molecule has 21 heavy (non-hydrogen) atoms. The molecule has 1 heterocycles. The van der Waals surface area contributed by atoms with Crippen LogP contribution in [0.25, 0.3) is 11.3 Å². The summed E-state index contributed by atoms with van der Waals surface area (Å²) in [5.74, 6) is 0.0473. The second-order valence-electron chi connectivity index (χ2n) is 5.28. The van der Waals surface area contributed by atoms with Gasteiger partial charge in [0.25, 0.3) is 0 Å². The minimum atomic E-state index is -0.283. The Bertz CT molecular complexity index is 611. The first-order valence-electron chi connectivity index (χ1n) is 6.88. The van der Waals surface area contributed by atoms with E-state index < -0.39 is 0 Å². The average Bonchev–Trinajstić information content (AvgIpc) is 2.45. The van der Waals surface area contributed by atoms with Gasteiger partial charge in [-0.1, -0.05) is 13.8 Å². The van der Waals surface area contributed by atoms with Crippen molar-refractivity contribution in [3.63, 3.8) is 0 Å². The van der Waals surface area contributed by atoms with Crippen molar-refractivity contribution in [1.29, 1.82) is 0 Å². The number of hydrogen-bond donors (Lipinski definition) is 1. The molecule has 0 aliphatic carbocycles. The van der Waals surface area contributed by atoms with Gasteiger partial charge in [0.1, 0.15) is 12.1 Å². The monoisotopic (exact) mass is 287 g/mol. The predicted octanol–water partition coefficient (Wildman–Crippen LogP) is 2.95. The van der Waals surface area contributed by atoms with Crippen LogP contribution in [0, 0.1) is 11.7 Å². The van der Waals surface area contributed by atoms with E-state index in [1.165, 1.54) is 18.5 Å². The Kier molecular flexibility index (Phi) is 4.98. The van der Waals surface area contributed by atoms with E-state index >= 15 is 0 Å². The molecule has 0 spiro atoms. The van der Waals surface area contributed by atoms with Crippen LogP contribution in [-0.2, 0) is 11.3 Å². The molecule has 0 bridgehead atoms. The fraction of sp³-hybridized carbons (Fsp3) is 0.312. The number of nitrogens with one attached hydrogen (secondary N) is 1. The van der Waals surface area contributed by atoms with Crippen LogP contribution < -0.4 is 5.32 Å². The Balaban J connectivity index is 2.04. The van der Waals surface area contributed by atoms with E-state index in [1.54, 1.807) is 18.2 Å². The third-order valence-corrected chi connectivity index (χ3v) is 2.92. The van der Waals surface area contributed by atoms with Gasteiger partial charge in [0, 0.05) is 12.0 Å². The molecule has 0 saturated heterocycles. The van der Waals surface area contributed by atoms with Gasteiger partial charge in [0.15, 0.2) is 0 Å². The average molecular weight is 287 g/mol. The lowest BCUT2D eigenvalue weighted by Gasteiger charge is -2.07. The topological polar surface area (TPSA) is 54.9 Å². The smallest absolute Gasteiger partial charge is 0.220 e. The molecule has 110 valence electrons. The van der Waals surface area contributed by atoms with E-state index in [2.05, 4.69) is 15.3 Å². The fourth-order valence-corrected chi connectivity index (χ4v) is 1.90. The molecular weight excluding hydrogens is 269 g/mol. The number of hydrogen-bond acceptors (Lipinski definition) is 3. The van der Waals surface area contributed by atoms with Crippen molar-refractivity contribution in [2.24, 2.45) is 5.92 Å². The third kappa shape index (κ3) is 4.63. The van der Waals surface area contributed by atoms with Gasteiger partial charge in [0.05, 0.1) is 17.9 Å². The molecule has 2 aromatic rings. The van der Waals surface area contributed by atoms with Gasteiger partial charge in [0.2, 0.25) is 5.91 Å². The quantitative estimate of drug-likeness (QED) is 0.920. The van der Waals surface area contributed by atoms with E-state index in [-0.39, 0.29) is 11.7 Å². The van der Waals surface area contributed by atoms with Crippen LogP contribution in [0.2, 0.25) is 0 Å². The van der Waals surface area contributed by atoms with Crippen LogP contribution >= 0.6 is 0 Å². The van der Waals surface area contributed by atoms with Crippen molar-refractivity contribution in [2.75, 3.05) is 0 Å². The summed E-state index contributed by atoms with van der Waals surface area (Å²) in [6.45, 7) is 4.36. The molecule has 0 fully saturated rings. The van der Waals surface area contributed by atoms with Gasteiger partial charge in [-0.3, -0.25) is 4.79 Å². The normalized spacial score (nSPS) is 10.7. The van der Waals surface area contributed by atoms with Gasteiger partial charge < -0.3 is 5.32 Å². The first kappa shape index (κ1) is 15.1. The molecule has 4 nitrogen and oxygen atoms in total. The Hall–Kier alpha value is -2.30. The van der Waals surface area contributed by atoms with E-state index in [1.807, 2.05) is 13.8 Å². The molecule has 0 atom stereocenters. The molecule has 1 aromatic heterocycles. The largest absolute Gasteiger partial charge is 0.350 e. The summed E-state index contributed by atoms with van der Waals surface area (Å²) in [5.41, 5.74) is 2.24. The summed E-state index contributed by atoms with van der Waals surface area (Å²) in [4.78, 5) is 19.9. The Labute approximate surface area is 123 Å². The van der Waals surface area contributed by atoms with Crippen LogP contribution in [0.4, 0.5) is 4.39 Å². The molecular formula is C16H18FN3O.